The van der Waals surface area contributed by atoms with Crippen LogP contribution < -0.4 is 5.73 Å². The number of aromatic nitrogens is 2. The smallest absolute Gasteiger partial charge is 0.146 e. The lowest BCUT2D eigenvalue weighted by molar-refractivity contribution is 0.702. The average Bonchev–Trinajstić information content (AvgIpc) is 2.10. The van der Waals surface area contributed by atoms with E-state index in [1.54, 1.807) is 16.4 Å². The van der Waals surface area contributed by atoms with Crippen molar-refractivity contribution >= 4 is 17.6 Å². The van der Waals surface area contributed by atoms with Crippen LogP contribution in [-0.4, -0.2) is 16.0 Å². The van der Waals surface area contributed by atoms with Gasteiger partial charge in [0, 0.05) is 13.1 Å². The highest BCUT2D eigenvalue weighted by atomic mass is 32.2. The summed E-state index contributed by atoms with van der Waals surface area (Å²) in [6.45, 7) is 0. The van der Waals surface area contributed by atoms with Crippen molar-refractivity contribution in [3.05, 3.63) is 6.07 Å². The number of nitrogens with two attached hydrogens (primary N) is 1. The summed E-state index contributed by atoms with van der Waals surface area (Å²) in [5, 5.41) is 5.05. The van der Waals surface area contributed by atoms with Gasteiger partial charge in [0.25, 0.3) is 0 Å². The van der Waals surface area contributed by atoms with Gasteiger partial charge in [-0.25, -0.2) is 0 Å². The molecule has 0 aliphatic rings. The maximum absolute atomic E-state index is 5.41. The molecule has 0 amide bonds. The summed E-state index contributed by atoms with van der Waals surface area (Å²) in [5.74, 6) is 0.585. The third kappa shape index (κ3) is 1.18. The van der Waals surface area contributed by atoms with Gasteiger partial charge in [0.1, 0.15) is 5.82 Å². The summed E-state index contributed by atoms with van der Waals surface area (Å²) in [6.07, 6.45) is 2.00. The van der Waals surface area contributed by atoms with Gasteiger partial charge in [-0.3, -0.25) is 4.68 Å². The van der Waals surface area contributed by atoms with E-state index in [1.807, 2.05) is 19.4 Å². The quantitative estimate of drug-likeness (QED) is 0.589. The Kier molecular flexibility index (Phi) is 1.66. The maximum Gasteiger partial charge on any atom is 0.146 e. The van der Waals surface area contributed by atoms with Crippen LogP contribution in [0.2, 0.25) is 0 Å². The molecule has 0 spiro atoms. The SMILES string of the molecule is CSc1cc(N)nn1C. The van der Waals surface area contributed by atoms with E-state index in [2.05, 4.69) is 5.10 Å². The molecule has 0 aromatic carbocycles. The molecule has 0 unspecified atom stereocenters. The second-order valence-electron chi connectivity index (χ2n) is 1.74. The third-order valence-electron chi connectivity index (χ3n) is 1.06. The Hall–Kier alpha value is -0.640. The Morgan fingerprint density at radius 2 is 2.44 bits per heavy atom. The zero-order valence-corrected chi connectivity index (χ0v) is 6.27. The van der Waals surface area contributed by atoms with Crippen molar-refractivity contribution in [2.24, 2.45) is 7.05 Å². The molecular formula is C5H9N3S. The molecule has 4 heteroatoms. The minimum absolute atomic E-state index is 0.585. The van der Waals surface area contributed by atoms with Crippen molar-refractivity contribution in [2.45, 2.75) is 5.03 Å². The monoisotopic (exact) mass is 143 g/mol. The van der Waals surface area contributed by atoms with Crippen LogP contribution in [-0.2, 0) is 7.05 Å². The number of anilines is 1. The Morgan fingerprint density at radius 1 is 1.78 bits per heavy atom. The van der Waals surface area contributed by atoms with Crippen molar-refractivity contribution in [3.8, 4) is 0 Å². The van der Waals surface area contributed by atoms with Gasteiger partial charge in [-0.15, -0.1) is 11.8 Å². The fraction of sp³-hybridized carbons (Fsp3) is 0.400. The molecule has 3 nitrogen and oxygen atoms in total. The molecule has 0 saturated carbocycles. The van der Waals surface area contributed by atoms with Gasteiger partial charge in [-0.1, -0.05) is 0 Å². The minimum Gasteiger partial charge on any atom is -0.382 e. The molecule has 50 valence electrons. The van der Waals surface area contributed by atoms with E-state index in [0.717, 1.165) is 5.03 Å². The number of hydrogen-bond acceptors (Lipinski definition) is 3. The summed E-state index contributed by atoms with van der Waals surface area (Å²) >= 11 is 1.64. The summed E-state index contributed by atoms with van der Waals surface area (Å²) in [7, 11) is 1.88. The van der Waals surface area contributed by atoms with Crippen LogP contribution in [0, 0.1) is 0 Å². The number of thioether (sulfide) groups is 1. The Morgan fingerprint density at radius 3 is 2.67 bits per heavy atom. The van der Waals surface area contributed by atoms with Gasteiger partial charge in [-0.05, 0) is 6.26 Å². The van der Waals surface area contributed by atoms with Crippen LogP contribution in [0.4, 0.5) is 5.82 Å². The third-order valence-corrected chi connectivity index (χ3v) is 1.87. The molecule has 0 atom stereocenters. The summed E-state index contributed by atoms with van der Waals surface area (Å²) in [6, 6.07) is 1.85. The van der Waals surface area contributed by atoms with Gasteiger partial charge >= 0.3 is 0 Å². The van der Waals surface area contributed by atoms with E-state index in [1.165, 1.54) is 0 Å². The van der Waals surface area contributed by atoms with Gasteiger partial charge in [0.05, 0.1) is 5.03 Å². The summed E-state index contributed by atoms with van der Waals surface area (Å²) < 4.78 is 1.76. The molecule has 1 rings (SSSR count). The number of hydrogen-bond donors (Lipinski definition) is 1. The van der Waals surface area contributed by atoms with Crippen LogP contribution in [0.3, 0.4) is 0 Å². The minimum atomic E-state index is 0.585. The topological polar surface area (TPSA) is 43.8 Å². The van der Waals surface area contributed by atoms with Gasteiger partial charge in [-0.2, -0.15) is 5.10 Å². The van der Waals surface area contributed by atoms with E-state index < -0.39 is 0 Å². The highest BCUT2D eigenvalue weighted by Gasteiger charge is 1.97. The molecule has 0 saturated heterocycles. The predicted molar refractivity (Wildman–Crippen MR) is 39.4 cm³/mol. The highest BCUT2D eigenvalue weighted by molar-refractivity contribution is 7.98. The second-order valence-corrected chi connectivity index (χ2v) is 2.56. The van der Waals surface area contributed by atoms with E-state index in [0.29, 0.717) is 5.82 Å². The van der Waals surface area contributed by atoms with Gasteiger partial charge < -0.3 is 5.73 Å². The zero-order valence-electron chi connectivity index (χ0n) is 5.46. The maximum atomic E-state index is 5.41. The second kappa shape index (κ2) is 2.31. The van der Waals surface area contributed by atoms with Crippen molar-refractivity contribution in [1.29, 1.82) is 0 Å². The number of nitrogen functional groups attached to an aromatic ring is 1. The van der Waals surface area contributed by atoms with Gasteiger partial charge in [0.2, 0.25) is 0 Å². The van der Waals surface area contributed by atoms with E-state index in [-0.39, 0.29) is 0 Å². The Labute approximate surface area is 58.2 Å². The van der Waals surface area contributed by atoms with Crippen LogP contribution in [0.1, 0.15) is 0 Å². The van der Waals surface area contributed by atoms with E-state index >= 15 is 0 Å². The lowest BCUT2D eigenvalue weighted by Crippen LogP contribution is -1.92. The van der Waals surface area contributed by atoms with Crippen molar-refractivity contribution in [3.63, 3.8) is 0 Å². The Balaban J connectivity index is 3.01. The number of nitrogens with zero attached hydrogens (tertiary/aromatic N) is 2. The molecule has 0 aliphatic carbocycles. The van der Waals surface area contributed by atoms with Crippen molar-refractivity contribution < 1.29 is 0 Å². The van der Waals surface area contributed by atoms with Crippen LogP contribution in [0.5, 0.6) is 0 Å². The molecule has 2 N–H and O–H groups in total. The molecule has 0 aliphatic heterocycles. The molecule has 9 heavy (non-hydrogen) atoms. The summed E-state index contributed by atoms with van der Waals surface area (Å²) in [5.41, 5.74) is 5.41. The largest absolute Gasteiger partial charge is 0.382 e. The molecule has 0 radical (unpaired) electrons. The standard InChI is InChI=1S/C5H9N3S/c1-8-5(9-2)3-4(6)7-8/h3H,1-2H3,(H2,6,7). The lowest BCUT2D eigenvalue weighted by atomic mass is 10.7. The first-order valence-corrected chi connectivity index (χ1v) is 3.80. The molecular weight excluding hydrogens is 134 g/mol. The normalized spacial score (nSPS) is 10.0. The first-order valence-electron chi connectivity index (χ1n) is 2.57. The van der Waals surface area contributed by atoms with Crippen molar-refractivity contribution in [1.82, 2.24) is 9.78 Å². The first kappa shape index (κ1) is 6.48. The molecule has 1 aromatic heterocycles. The molecule has 1 heterocycles. The van der Waals surface area contributed by atoms with E-state index in [9.17, 15) is 0 Å². The fourth-order valence-corrected chi connectivity index (χ4v) is 1.21. The summed E-state index contributed by atoms with van der Waals surface area (Å²) in [4.78, 5) is 0. The first-order chi connectivity index (χ1) is 4.24. The number of aryl methyl sites for hydroxylation is 1. The molecule has 0 bridgehead atoms. The van der Waals surface area contributed by atoms with Crippen LogP contribution in [0.15, 0.2) is 11.1 Å². The lowest BCUT2D eigenvalue weighted by Gasteiger charge is -1.91. The fourth-order valence-electron chi connectivity index (χ4n) is 0.662. The molecule has 1 aromatic rings. The number of rotatable bonds is 1. The van der Waals surface area contributed by atoms with Crippen molar-refractivity contribution in [2.75, 3.05) is 12.0 Å². The van der Waals surface area contributed by atoms with Gasteiger partial charge in [0.15, 0.2) is 0 Å². The predicted octanol–water partition coefficient (Wildman–Crippen LogP) is 0.724. The zero-order chi connectivity index (χ0) is 6.85. The average molecular weight is 143 g/mol. The highest BCUT2D eigenvalue weighted by Crippen LogP contribution is 2.15. The van der Waals surface area contributed by atoms with Crippen LogP contribution >= 0.6 is 11.8 Å². The van der Waals surface area contributed by atoms with E-state index in [4.69, 9.17) is 5.73 Å². The molecule has 0 fully saturated rings. The Bertz CT molecular complexity index is 206. The van der Waals surface area contributed by atoms with Crippen LogP contribution in [0.25, 0.3) is 0 Å².